The Balaban J connectivity index is 1.43. The van der Waals surface area contributed by atoms with E-state index in [9.17, 15) is 10.2 Å². The van der Waals surface area contributed by atoms with E-state index in [4.69, 9.17) is 9.47 Å². The predicted octanol–water partition coefficient (Wildman–Crippen LogP) is 1.06. The molecule has 5 rings (SSSR count). The van der Waals surface area contributed by atoms with E-state index in [-0.39, 0.29) is 13.2 Å². The number of fused-ring (bicyclic) bond motifs is 3. The first kappa shape index (κ1) is 18.2. The van der Waals surface area contributed by atoms with Gasteiger partial charge in [0.2, 0.25) is 0 Å². The van der Waals surface area contributed by atoms with Crippen LogP contribution in [0.1, 0.15) is 11.8 Å². The van der Waals surface area contributed by atoms with Crippen molar-refractivity contribution < 1.29 is 19.7 Å². The molecule has 2 aliphatic heterocycles. The lowest BCUT2D eigenvalue weighted by Gasteiger charge is -2.29. The Hall–Kier alpha value is -1.86. The van der Waals surface area contributed by atoms with E-state index in [1.54, 1.807) is 10.9 Å². The van der Waals surface area contributed by atoms with Crippen molar-refractivity contribution in [3.63, 3.8) is 0 Å². The first-order valence-corrected chi connectivity index (χ1v) is 9.93. The van der Waals surface area contributed by atoms with Crippen molar-refractivity contribution in [3.05, 3.63) is 46.1 Å². The molecular weight excluding hydrogens is 477 g/mol. The van der Waals surface area contributed by atoms with Gasteiger partial charge in [-0.25, -0.2) is 15.0 Å². The molecule has 1 aromatic carbocycles. The minimum absolute atomic E-state index is 0.163. The van der Waals surface area contributed by atoms with E-state index in [0.29, 0.717) is 23.5 Å². The summed E-state index contributed by atoms with van der Waals surface area (Å²) in [5.74, 6) is 0.615. The number of anilines is 1. The highest BCUT2D eigenvalue weighted by Crippen LogP contribution is 2.45. The quantitative estimate of drug-likeness (QED) is 0.451. The Bertz CT molecular complexity index is 1030. The van der Waals surface area contributed by atoms with Gasteiger partial charge in [-0.3, -0.25) is 4.57 Å². The Kier molecular flexibility index (Phi) is 4.47. The summed E-state index contributed by atoms with van der Waals surface area (Å²) in [6.45, 7) is 0.454. The summed E-state index contributed by atoms with van der Waals surface area (Å²) in [6, 6.07) is 8.19. The number of halogens is 1. The first-order valence-electron chi connectivity index (χ1n) is 8.85. The van der Waals surface area contributed by atoms with Crippen LogP contribution >= 0.6 is 22.6 Å². The number of rotatable bonds is 5. The van der Waals surface area contributed by atoms with Gasteiger partial charge < -0.3 is 25.0 Å². The third-order valence-electron chi connectivity index (χ3n) is 5.26. The molecule has 9 nitrogen and oxygen atoms in total. The van der Waals surface area contributed by atoms with Crippen LogP contribution in [0.3, 0.4) is 0 Å². The maximum atomic E-state index is 10.4. The van der Waals surface area contributed by atoms with Crippen LogP contribution in [0.5, 0.6) is 0 Å². The van der Waals surface area contributed by atoms with Gasteiger partial charge in [0.15, 0.2) is 23.2 Å². The average molecular weight is 495 g/mol. The fraction of sp³-hybridized carbons (Fsp3) is 0.389. The zero-order valence-electron chi connectivity index (χ0n) is 14.7. The third-order valence-corrected chi connectivity index (χ3v) is 5.93. The molecule has 146 valence electrons. The molecule has 4 atom stereocenters. The first-order chi connectivity index (χ1) is 13.6. The average Bonchev–Trinajstić information content (AvgIpc) is 3.36. The SMILES string of the molecule is OC[C@@]12CO[C@@H](C1O)[C@H](n1cnc3c(NCc4cccc(I)c4)ncnc31)O2. The lowest BCUT2D eigenvalue weighted by atomic mass is 10.0. The molecule has 0 radical (unpaired) electrons. The molecule has 2 aromatic heterocycles. The van der Waals surface area contributed by atoms with Gasteiger partial charge in [-0.05, 0) is 40.3 Å². The topological polar surface area (TPSA) is 115 Å². The number of hydrogen-bond donors (Lipinski definition) is 3. The molecule has 0 saturated carbocycles. The maximum Gasteiger partial charge on any atom is 0.167 e. The molecule has 0 aliphatic carbocycles. The second-order valence-corrected chi connectivity index (χ2v) is 8.23. The molecule has 2 bridgehead atoms. The zero-order chi connectivity index (χ0) is 19.3. The van der Waals surface area contributed by atoms with Crippen LogP contribution in [-0.2, 0) is 16.0 Å². The number of aliphatic hydroxyl groups is 2. The fourth-order valence-corrected chi connectivity index (χ4v) is 4.36. The highest BCUT2D eigenvalue weighted by atomic mass is 127. The number of imidazole rings is 1. The second-order valence-electron chi connectivity index (χ2n) is 6.98. The molecule has 0 amide bonds. The van der Waals surface area contributed by atoms with E-state index in [1.807, 2.05) is 18.2 Å². The number of nitrogens with one attached hydrogen (secondary N) is 1. The zero-order valence-corrected chi connectivity index (χ0v) is 16.9. The normalized spacial score (nSPS) is 28.9. The molecule has 2 aliphatic rings. The summed E-state index contributed by atoms with van der Waals surface area (Å²) in [4.78, 5) is 13.1. The van der Waals surface area contributed by atoms with Crippen molar-refractivity contribution >= 4 is 39.6 Å². The summed E-state index contributed by atoms with van der Waals surface area (Å²) in [5.41, 5.74) is 1.22. The van der Waals surface area contributed by atoms with Gasteiger partial charge in [0, 0.05) is 10.1 Å². The maximum absolute atomic E-state index is 10.4. The minimum Gasteiger partial charge on any atom is -0.393 e. The molecule has 4 heterocycles. The summed E-state index contributed by atoms with van der Waals surface area (Å²) < 4.78 is 14.5. The van der Waals surface area contributed by atoms with Crippen LogP contribution in [0, 0.1) is 3.57 Å². The molecule has 1 unspecified atom stereocenters. The lowest BCUT2D eigenvalue weighted by molar-refractivity contribution is -0.185. The molecule has 28 heavy (non-hydrogen) atoms. The van der Waals surface area contributed by atoms with Crippen molar-refractivity contribution in [2.75, 3.05) is 18.5 Å². The van der Waals surface area contributed by atoms with E-state index in [1.165, 1.54) is 9.90 Å². The number of aliphatic hydroxyl groups excluding tert-OH is 2. The van der Waals surface area contributed by atoms with Gasteiger partial charge in [-0.2, -0.15) is 0 Å². The number of ether oxygens (including phenoxy) is 2. The Labute approximate surface area is 173 Å². The highest BCUT2D eigenvalue weighted by Gasteiger charge is 2.61. The van der Waals surface area contributed by atoms with Crippen LogP contribution in [-0.4, -0.2) is 60.8 Å². The Morgan fingerprint density at radius 2 is 2.21 bits per heavy atom. The van der Waals surface area contributed by atoms with Crippen LogP contribution in [0.25, 0.3) is 11.2 Å². The summed E-state index contributed by atoms with van der Waals surface area (Å²) >= 11 is 2.28. The predicted molar refractivity (Wildman–Crippen MR) is 107 cm³/mol. The summed E-state index contributed by atoms with van der Waals surface area (Å²) in [7, 11) is 0. The number of benzene rings is 1. The second kappa shape index (κ2) is 6.88. The van der Waals surface area contributed by atoms with Gasteiger partial charge in [0.1, 0.15) is 24.1 Å². The van der Waals surface area contributed by atoms with Crippen LogP contribution in [0.4, 0.5) is 5.82 Å². The van der Waals surface area contributed by atoms with E-state index in [2.05, 4.69) is 48.9 Å². The van der Waals surface area contributed by atoms with E-state index >= 15 is 0 Å². The van der Waals surface area contributed by atoms with Crippen molar-refractivity contribution in [1.82, 2.24) is 19.5 Å². The third kappa shape index (κ3) is 2.78. The summed E-state index contributed by atoms with van der Waals surface area (Å²) in [5, 5.41) is 23.4. The Morgan fingerprint density at radius 1 is 1.32 bits per heavy atom. The minimum atomic E-state index is -1.09. The van der Waals surface area contributed by atoms with Crippen LogP contribution in [0.2, 0.25) is 0 Å². The van der Waals surface area contributed by atoms with Crippen LogP contribution in [0.15, 0.2) is 36.9 Å². The van der Waals surface area contributed by atoms with E-state index in [0.717, 1.165) is 5.56 Å². The number of hydrogen-bond acceptors (Lipinski definition) is 8. The summed E-state index contributed by atoms with van der Waals surface area (Å²) in [6.07, 6.45) is 0.966. The van der Waals surface area contributed by atoms with E-state index < -0.39 is 24.0 Å². The van der Waals surface area contributed by atoms with Gasteiger partial charge in [0.25, 0.3) is 0 Å². The van der Waals surface area contributed by atoms with Gasteiger partial charge in [-0.1, -0.05) is 12.1 Å². The van der Waals surface area contributed by atoms with Crippen molar-refractivity contribution in [3.8, 4) is 0 Å². The monoisotopic (exact) mass is 495 g/mol. The van der Waals surface area contributed by atoms with Gasteiger partial charge in [-0.15, -0.1) is 0 Å². The molecule has 2 saturated heterocycles. The Morgan fingerprint density at radius 3 is 3.00 bits per heavy atom. The van der Waals surface area contributed by atoms with Crippen LogP contribution < -0.4 is 5.32 Å². The smallest absolute Gasteiger partial charge is 0.167 e. The highest BCUT2D eigenvalue weighted by molar-refractivity contribution is 14.1. The molecule has 3 N–H and O–H groups in total. The van der Waals surface area contributed by atoms with Gasteiger partial charge >= 0.3 is 0 Å². The molecule has 3 aromatic rings. The van der Waals surface area contributed by atoms with Gasteiger partial charge in [0.05, 0.1) is 19.5 Å². The largest absolute Gasteiger partial charge is 0.393 e. The van der Waals surface area contributed by atoms with Crippen molar-refractivity contribution in [2.45, 2.75) is 30.6 Å². The molecule has 10 heteroatoms. The lowest BCUT2D eigenvalue weighted by Crippen LogP contribution is -2.44. The fourth-order valence-electron chi connectivity index (χ4n) is 3.75. The van der Waals surface area contributed by atoms with Crippen molar-refractivity contribution in [1.29, 1.82) is 0 Å². The molecular formula is C18H18IN5O4. The molecule has 0 spiro atoms. The molecule has 2 fully saturated rings. The number of nitrogens with zero attached hydrogens (tertiary/aromatic N) is 4. The number of aromatic nitrogens is 4. The van der Waals surface area contributed by atoms with Crippen molar-refractivity contribution in [2.24, 2.45) is 0 Å². The standard InChI is InChI=1S/C18H18IN5O4/c19-11-3-1-2-10(4-11)5-20-15-12-16(22-8-21-15)24(9-23-12)17-13-14(26)18(6-25,28-17)7-27-13/h1-4,8-9,13-14,17,25-26H,5-7H2,(H,20,21,22)/t13-,14?,17+,18+/m0/s1.